The summed E-state index contributed by atoms with van der Waals surface area (Å²) in [5, 5.41) is 3.61. The molecule has 0 atom stereocenters. The maximum Gasteiger partial charge on any atom is 0.0868 e. The van der Waals surface area contributed by atoms with Crippen LogP contribution in [0.15, 0.2) is 29.9 Å². The Kier molecular flexibility index (Phi) is 7.00. The fourth-order valence-electron chi connectivity index (χ4n) is 2.78. The molecule has 4 heteroatoms. The molecule has 0 saturated carbocycles. The first kappa shape index (κ1) is 18.7. The molecule has 0 saturated heterocycles. The summed E-state index contributed by atoms with van der Waals surface area (Å²) in [6.07, 6.45) is 9.17. The quantitative estimate of drug-likeness (QED) is 0.673. The van der Waals surface area contributed by atoms with Gasteiger partial charge in [0.05, 0.1) is 15.9 Å². The number of nitrogens with zero attached hydrogens (tertiary/aromatic N) is 1. The molecule has 0 spiro atoms. The van der Waals surface area contributed by atoms with Gasteiger partial charge in [0.15, 0.2) is 0 Å². The lowest BCUT2D eigenvalue weighted by Crippen LogP contribution is -2.04. The molecule has 0 bridgehead atoms. The van der Waals surface area contributed by atoms with Gasteiger partial charge in [0, 0.05) is 17.1 Å². The molecule has 2 aromatic rings. The van der Waals surface area contributed by atoms with E-state index in [0.29, 0.717) is 6.54 Å². The summed E-state index contributed by atoms with van der Waals surface area (Å²) in [5.41, 5.74) is 12.0. The Hall–Kier alpha value is -1.65. The molecule has 0 aliphatic rings. The highest BCUT2D eigenvalue weighted by atomic mass is 32.1. The molecule has 0 amide bonds. The van der Waals surface area contributed by atoms with Gasteiger partial charge in [-0.05, 0) is 51.3 Å². The maximum absolute atomic E-state index is 5.80. The van der Waals surface area contributed by atoms with Crippen molar-refractivity contribution in [3.8, 4) is 0 Å². The van der Waals surface area contributed by atoms with Gasteiger partial charge in [-0.25, -0.2) is 0 Å². The summed E-state index contributed by atoms with van der Waals surface area (Å²) in [4.78, 5) is 6.30. The Morgan fingerprint density at radius 1 is 1.33 bits per heavy atom. The summed E-state index contributed by atoms with van der Waals surface area (Å²) >= 11 is 1.85. The Bertz CT molecular complexity index is 741. The number of hydrogen-bond acceptors (Lipinski definition) is 4. The molecule has 0 aliphatic carbocycles. The fraction of sp³-hybridized carbons (Fsp3) is 0.450. The minimum Gasteiger partial charge on any atom is -0.380 e. The van der Waals surface area contributed by atoms with Crippen molar-refractivity contribution in [3.05, 3.63) is 46.0 Å². The van der Waals surface area contributed by atoms with Crippen LogP contribution in [0.3, 0.4) is 0 Å². The van der Waals surface area contributed by atoms with E-state index in [0.717, 1.165) is 31.5 Å². The van der Waals surface area contributed by atoms with E-state index < -0.39 is 0 Å². The van der Waals surface area contributed by atoms with Crippen LogP contribution in [0.1, 0.15) is 43.8 Å². The fourth-order valence-corrected chi connectivity index (χ4v) is 4.11. The maximum atomic E-state index is 5.80. The first-order valence-corrected chi connectivity index (χ1v) is 9.62. The van der Waals surface area contributed by atoms with Gasteiger partial charge in [0.25, 0.3) is 0 Å². The number of aryl methyl sites for hydroxylation is 2. The molecule has 3 nitrogen and oxygen atoms in total. The number of pyridine rings is 1. The van der Waals surface area contributed by atoms with Crippen LogP contribution < -0.4 is 11.1 Å². The number of aromatic nitrogens is 1. The lowest BCUT2D eigenvalue weighted by Gasteiger charge is -2.10. The number of nitrogens with one attached hydrogen (secondary N) is 1. The van der Waals surface area contributed by atoms with E-state index in [9.17, 15) is 0 Å². The topological polar surface area (TPSA) is 50.9 Å². The van der Waals surface area contributed by atoms with Crippen LogP contribution in [0.4, 0.5) is 5.69 Å². The van der Waals surface area contributed by atoms with Gasteiger partial charge >= 0.3 is 0 Å². The third-order valence-corrected chi connectivity index (χ3v) is 5.41. The van der Waals surface area contributed by atoms with E-state index in [2.05, 4.69) is 50.4 Å². The molecular weight excluding hydrogens is 314 g/mol. The van der Waals surface area contributed by atoms with E-state index >= 15 is 0 Å². The van der Waals surface area contributed by atoms with Crippen molar-refractivity contribution in [2.45, 2.75) is 47.0 Å². The monoisotopic (exact) mass is 343 g/mol. The highest BCUT2D eigenvalue weighted by molar-refractivity contribution is 7.19. The smallest absolute Gasteiger partial charge is 0.0868 e. The molecule has 24 heavy (non-hydrogen) atoms. The number of nitrogens with two attached hydrogens (primary N) is 1. The molecule has 0 aromatic carbocycles. The molecule has 130 valence electrons. The van der Waals surface area contributed by atoms with Crippen molar-refractivity contribution in [3.63, 3.8) is 0 Å². The van der Waals surface area contributed by atoms with Crippen molar-refractivity contribution in [1.29, 1.82) is 0 Å². The second-order valence-electron chi connectivity index (χ2n) is 5.98. The highest BCUT2D eigenvalue weighted by Crippen LogP contribution is 2.36. The van der Waals surface area contributed by atoms with Gasteiger partial charge in [-0.2, -0.15) is 0 Å². The molecule has 3 N–H and O–H groups in total. The summed E-state index contributed by atoms with van der Waals surface area (Å²) in [6, 6.07) is 2.20. The van der Waals surface area contributed by atoms with Gasteiger partial charge in [-0.3, -0.25) is 4.98 Å². The number of fused-ring (bicyclic) bond motifs is 1. The minimum atomic E-state index is 0.689. The third-order valence-electron chi connectivity index (χ3n) is 4.09. The van der Waals surface area contributed by atoms with E-state index in [1.807, 2.05) is 18.3 Å². The summed E-state index contributed by atoms with van der Waals surface area (Å²) in [7, 11) is 0. The highest BCUT2D eigenvalue weighted by Gasteiger charge is 2.15. The van der Waals surface area contributed by atoms with E-state index in [1.165, 1.54) is 31.9 Å². The standard InChI is InChI=1S/C20H29N3S/c1-5-8-9-14(4)13-22-17-12-15(6-2)23-19-16(7-3)18(10-11-21)24-20(17)19/h5,8-9,12H,6-7,10-11,13,21H2,1-4H3,(H,22,23)/b8-5-,14-9+. The van der Waals surface area contributed by atoms with Crippen molar-refractivity contribution >= 4 is 27.2 Å². The third kappa shape index (κ3) is 4.25. The Labute approximate surface area is 149 Å². The average molecular weight is 344 g/mol. The lowest BCUT2D eigenvalue weighted by atomic mass is 10.1. The number of anilines is 1. The molecule has 2 rings (SSSR count). The molecular formula is C20H29N3S. The predicted octanol–water partition coefficient (Wildman–Crippen LogP) is 4.86. The van der Waals surface area contributed by atoms with Crippen LogP contribution in [0.2, 0.25) is 0 Å². The molecule has 0 radical (unpaired) electrons. The van der Waals surface area contributed by atoms with Crippen molar-refractivity contribution < 1.29 is 0 Å². The van der Waals surface area contributed by atoms with Gasteiger partial charge < -0.3 is 11.1 Å². The predicted molar refractivity (Wildman–Crippen MR) is 108 cm³/mol. The summed E-state index contributed by atoms with van der Waals surface area (Å²) < 4.78 is 1.27. The molecule has 2 heterocycles. The van der Waals surface area contributed by atoms with Crippen LogP contribution in [0.25, 0.3) is 10.2 Å². The van der Waals surface area contributed by atoms with Crippen molar-refractivity contribution in [1.82, 2.24) is 4.98 Å². The van der Waals surface area contributed by atoms with E-state index in [4.69, 9.17) is 10.7 Å². The number of hydrogen-bond donors (Lipinski definition) is 2. The van der Waals surface area contributed by atoms with E-state index in [1.54, 1.807) is 0 Å². The Morgan fingerprint density at radius 2 is 2.12 bits per heavy atom. The van der Waals surface area contributed by atoms with Crippen LogP contribution in [-0.2, 0) is 19.3 Å². The van der Waals surface area contributed by atoms with Crippen molar-refractivity contribution in [2.24, 2.45) is 5.73 Å². The first-order chi connectivity index (χ1) is 11.6. The van der Waals surface area contributed by atoms with Crippen LogP contribution in [0, 0.1) is 0 Å². The SMILES string of the molecule is C/C=C\C=C(/C)CNc1cc(CC)nc2c(CC)c(CCN)sc12. The molecule has 0 aliphatic heterocycles. The second kappa shape index (κ2) is 9.00. The largest absolute Gasteiger partial charge is 0.380 e. The number of allylic oxidation sites excluding steroid dienone is 3. The zero-order chi connectivity index (χ0) is 17.5. The van der Waals surface area contributed by atoms with Crippen LogP contribution in [0.5, 0.6) is 0 Å². The van der Waals surface area contributed by atoms with Crippen LogP contribution in [-0.4, -0.2) is 18.1 Å². The zero-order valence-electron chi connectivity index (χ0n) is 15.3. The zero-order valence-corrected chi connectivity index (χ0v) is 16.1. The van der Waals surface area contributed by atoms with Crippen molar-refractivity contribution in [2.75, 3.05) is 18.4 Å². The Balaban J connectivity index is 2.44. The first-order valence-electron chi connectivity index (χ1n) is 8.81. The summed E-state index contributed by atoms with van der Waals surface area (Å²) in [6.45, 7) is 10.1. The molecule has 2 aromatic heterocycles. The number of thiophene rings is 1. The average Bonchev–Trinajstić information content (AvgIpc) is 2.95. The normalized spacial score (nSPS) is 12.5. The number of rotatable bonds is 8. The molecule has 0 unspecified atom stereocenters. The van der Waals surface area contributed by atoms with Gasteiger partial charge in [0.1, 0.15) is 0 Å². The lowest BCUT2D eigenvalue weighted by molar-refractivity contribution is 0.963. The second-order valence-corrected chi connectivity index (χ2v) is 7.09. The summed E-state index contributed by atoms with van der Waals surface area (Å²) in [5.74, 6) is 0. The van der Waals surface area contributed by atoms with Crippen LogP contribution >= 0.6 is 11.3 Å². The van der Waals surface area contributed by atoms with E-state index in [-0.39, 0.29) is 0 Å². The Morgan fingerprint density at radius 3 is 2.75 bits per heavy atom. The molecule has 0 fully saturated rings. The minimum absolute atomic E-state index is 0.689. The van der Waals surface area contributed by atoms with Gasteiger partial charge in [-0.1, -0.05) is 37.6 Å². The van der Waals surface area contributed by atoms with Gasteiger partial charge in [0.2, 0.25) is 0 Å². The van der Waals surface area contributed by atoms with Gasteiger partial charge in [-0.15, -0.1) is 11.3 Å².